The molecule has 0 bridgehead atoms. The molecule has 0 atom stereocenters. The van der Waals surface area contributed by atoms with Crippen molar-refractivity contribution in [1.29, 1.82) is 0 Å². The van der Waals surface area contributed by atoms with E-state index in [9.17, 15) is 18.0 Å². The van der Waals surface area contributed by atoms with Crippen molar-refractivity contribution in [2.24, 2.45) is 0 Å². The molecule has 1 saturated heterocycles. The van der Waals surface area contributed by atoms with Crippen molar-refractivity contribution < 1.29 is 18.0 Å². The minimum Gasteiger partial charge on any atom is -0.353 e. The summed E-state index contributed by atoms with van der Waals surface area (Å²) in [6.45, 7) is 2.37. The average Bonchev–Trinajstić information content (AvgIpc) is 2.62. The number of nitrogens with zero attached hydrogens (tertiary/aromatic N) is 4. The summed E-state index contributed by atoms with van der Waals surface area (Å²) in [5.41, 5.74) is -0.253. The van der Waals surface area contributed by atoms with Crippen LogP contribution < -0.4 is 10.2 Å². The lowest BCUT2D eigenvalue weighted by Crippen LogP contribution is -2.46. The topological polar surface area (TPSA) is 61.4 Å². The molecule has 0 aliphatic carbocycles. The van der Waals surface area contributed by atoms with Gasteiger partial charge in [0.05, 0.1) is 5.69 Å². The van der Waals surface area contributed by atoms with Gasteiger partial charge in [-0.3, -0.25) is 4.79 Å². The Morgan fingerprint density at radius 2 is 1.79 bits per heavy atom. The predicted octanol–water partition coefficient (Wildman–Crippen LogP) is 1.92. The zero-order valence-electron chi connectivity index (χ0n) is 12.5. The van der Waals surface area contributed by atoms with Gasteiger partial charge in [0.1, 0.15) is 5.82 Å². The van der Waals surface area contributed by atoms with Gasteiger partial charge in [-0.15, -0.1) is 0 Å². The van der Waals surface area contributed by atoms with E-state index >= 15 is 0 Å². The molecular formula is C15H14F3N5O. The largest absolute Gasteiger partial charge is 0.353 e. The molecule has 6 nitrogen and oxygen atoms in total. The molecule has 2 heterocycles. The highest BCUT2D eigenvalue weighted by Crippen LogP contribution is 2.23. The van der Waals surface area contributed by atoms with Crippen LogP contribution in [0.15, 0.2) is 24.4 Å². The number of nitrogens with one attached hydrogen (secondary N) is 1. The van der Waals surface area contributed by atoms with Crippen LogP contribution in [0.25, 0.3) is 0 Å². The first-order valence-corrected chi connectivity index (χ1v) is 7.26. The number of aromatic nitrogens is 2. The highest BCUT2D eigenvalue weighted by Gasteiger charge is 2.18. The molecule has 24 heavy (non-hydrogen) atoms. The zero-order chi connectivity index (χ0) is 17.1. The van der Waals surface area contributed by atoms with Gasteiger partial charge in [-0.05, 0) is 18.2 Å². The predicted molar refractivity (Wildman–Crippen MR) is 81.5 cm³/mol. The lowest BCUT2D eigenvalue weighted by Gasteiger charge is -2.33. The van der Waals surface area contributed by atoms with E-state index in [4.69, 9.17) is 0 Å². The number of amides is 1. The standard InChI is InChI=1S/C15H14F3N5O/c16-10-1-2-11(14(18)13(10)17)20-15-19-4-3-12(21-15)23-7-5-22(9-24)6-8-23/h1-4,9H,5-8H2,(H,19,20,21). The average molecular weight is 337 g/mol. The van der Waals surface area contributed by atoms with Crippen LogP contribution in [0, 0.1) is 17.5 Å². The third kappa shape index (κ3) is 3.24. The molecule has 0 radical (unpaired) electrons. The molecule has 0 saturated carbocycles. The van der Waals surface area contributed by atoms with Crippen molar-refractivity contribution in [3.8, 4) is 0 Å². The van der Waals surface area contributed by atoms with E-state index in [0.717, 1.165) is 18.5 Å². The number of carbonyl (C=O) groups is 1. The van der Waals surface area contributed by atoms with Gasteiger partial charge in [0.15, 0.2) is 17.5 Å². The van der Waals surface area contributed by atoms with Crippen molar-refractivity contribution in [2.45, 2.75) is 0 Å². The first-order valence-electron chi connectivity index (χ1n) is 7.26. The Bertz CT molecular complexity index is 750. The lowest BCUT2D eigenvalue weighted by molar-refractivity contribution is -0.118. The zero-order valence-corrected chi connectivity index (χ0v) is 12.5. The van der Waals surface area contributed by atoms with Gasteiger partial charge in [-0.2, -0.15) is 4.98 Å². The van der Waals surface area contributed by atoms with Gasteiger partial charge < -0.3 is 15.1 Å². The summed E-state index contributed by atoms with van der Waals surface area (Å²) in [6, 6.07) is 3.58. The quantitative estimate of drug-likeness (QED) is 0.682. The number of carbonyl (C=O) groups excluding carboxylic acids is 1. The smallest absolute Gasteiger partial charge is 0.229 e. The normalized spacial score (nSPS) is 14.6. The Morgan fingerprint density at radius 1 is 1.04 bits per heavy atom. The Kier molecular flexibility index (Phi) is 4.50. The number of halogens is 3. The Balaban J connectivity index is 1.77. The summed E-state index contributed by atoms with van der Waals surface area (Å²) in [6.07, 6.45) is 2.28. The number of hydrogen-bond donors (Lipinski definition) is 1. The molecular weight excluding hydrogens is 323 g/mol. The number of hydrogen-bond acceptors (Lipinski definition) is 5. The molecule has 2 aromatic rings. The second-order valence-corrected chi connectivity index (χ2v) is 5.21. The van der Waals surface area contributed by atoms with E-state index in [1.165, 1.54) is 6.20 Å². The van der Waals surface area contributed by atoms with Gasteiger partial charge in [0.2, 0.25) is 12.4 Å². The first kappa shape index (κ1) is 16.0. The minimum atomic E-state index is -1.55. The molecule has 1 N–H and O–H groups in total. The van der Waals surface area contributed by atoms with E-state index in [1.807, 2.05) is 4.90 Å². The maximum atomic E-state index is 13.7. The maximum absolute atomic E-state index is 13.7. The van der Waals surface area contributed by atoms with E-state index in [0.29, 0.717) is 32.0 Å². The molecule has 126 valence electrons. The Morgan fingerprint density at radius 3 is 2.50 bits per heavy atom. The molecule has 1 amide bonds. The molecule has 1 aliphatic rings. The highest BCUT2D eigenvalue weighted by molar-refractivity contribution is 5.56. The molecule has 9 heteroatoms. The first-order chi connectivity index (χ1) is 11.6. The number of piperazine rings is 1. The van der Waals surface area contributed by atoms with Gasteiger partial charge in [0.25, 0.3) is 0 Å². The Hall–Kier alpha value is -2.84. The van der Waals surface area contributed by atoms with Crippen LogP contribution >= 0.6 is 0 Å². The van der Waals surface area contributed by atoms with E-state index < -0.39 is 17.5 Å². The van der Waals surface area contributed by atoms with E-state index in [2.05, 4.69) is 15.3 Å². The maximum Gasteiger partial charge on any atom is 0.229 e. The molecule has 1 aromatic heterocycles. The van der Waals surface area contributed by atoms with Crippen LogP contribution in [-0.4, -0.2) is 47.5 Å². The van der Waals surface area contributed by atoms with E-state index in [1.54, 1.807) is 11.0 Å². The second-order valence-electron chi connectivity index (χ2n) is 5.21. The Labute approximate surface area is 135 Å². The van der Waals surface area contributed by atoms with Crippen LogP contribution in [0.5, 0.6) is 0 Å². The molecule has 0 unspecified atom stereocenters. The number of anilines is 3. The number of rotatable bonds is 4. The van der Waals surface area contributed by atoms with Crippen LogP contribution in [0.2, 0.25) is 0 Å². The summed E-state index contributed by atoms with van der Waals surface area (Å²) in [5, 5.41) is 2.54. The second kappa shape index (κ2) is 6.73. The lowest BCUT2D eigenvalue weighted by atomic mass is 10.3. The van der Waals surface area contributed by atoms with Gasteiger partial charge in [-0.25, -0.2) is 18.2 Å². The van der Waals surface area contributed by atoms with Gasteiger partial charge in [0, 0.05) is 32.4 Å². The van der Waals surface area contributed by atoms with Crippen molar-refractivity contribution in [3.05, 3.63) is 41.8 Å². The summed E-state index contributed by atoms with van der Waals surface area (Å²) in [4.78, 5) is 22.5. The summed E-state index contributed by atoms with van der Waals surface area (Å²) in [5.74, 6) is -3.48. The third-order valence-electron chi connectivity index (χ3n) is 3.71. The SMILES string of the molecule is O=CN1CCN(c2ccnc(Nc3ccc(F)c(F)c3F)n2)CC1. The fourth-order valence-corrected chi connectivity index (χ4v) is 2.38. The van der Waals surface area contributed by atoms with Crippen molar-refractivity contribution in [3.63, 3.8) is 0 Å². The van der Waals surface area contributed by atoms with Crippen molar-refractivity contribution >= 4 is 23.9 Å². The van der Waals surface area contributed by atoms with Crippen LogP contribution in [0.4, 0.5) is 30.6 Å². The van der Waals surface area contributed by atoms with Crippen molar-refractivity contribution in [2.75, 3.05) is 36.4 Å². The monoisotopic (exact) mass is 337 g/mol. The fourth-order valence-electron chi connectivity index (χ4n) is 2.38. The van der Waals surface area contributed by atoms with Gasteiger partial charge in [-0.1, -0.05) is 0 Å². The molecule has 1 fully saturated rings. The summed E-state index contributed by atoms with van der Waals surface area (Å²) in [7, 11) is 0. The van der Waals surface area contributed by atoms with Crippen LogP contribution in [0.3, 0.4) is 0 Å². The highest BCUT2D eigenvalue weighted by atomic mass is 19.2. The van der Waals surface area contributed by atoms with Gasteiger partial charge >= 0.3 is 0 Å². The molecule has 1 aromatic carbocycles. The van der Waals surface area contributed by atoms with Crippen LogP contribution in [-0.2, 0) is 4.79 Å². The summed E-state index contributed by atoms with van der Waals surface area (Å²) < 4.78 is 39.9. The van der Waals surface area contributed by atoms with Crippen molar-refractivity contribution in [1.82, 2.24) is 14.9 Å². The van der Waals surface area contributed by atoms with Crippen LogP contribution in [0.1, 0.15) is 0 Å². The molecule has 0 spiro atoms. The minimum absolute atomic E-state index is 0.0650. The molecule has 3 rings (SSSR count). The number of benzene rings is 1. The summed E-state index contributed by atoms with van der Waals surface area (Å²) >= 11 is 0. The fraction of sp³-hybridized carbons (Fsp3) is 0.267. The molecule has 1 aliphatic heterocycles. The third-order valence-corrected chi connectivity index (χ3v) is 3.71. The van der Waals surface area contributed by atoms with E-state index in [-0.39, 0.29) is 11.6 Å².